The zero-order valence-electron chi connectivity index (χ0n) is 39.5. The fourth-order valence-electron chi connectivity index (χ4n) is 9.51. The van der Waals surface area contributed by atoms with Gasteiger partial charge >= 0.3 is 0 Å². The second kappa shape index (κ2) is 25.4. The van der Waals surface area contributed by atoms with Crippen LogP contribution >= 0.6 is 0 Å². The van der Waals surface area contributed by atoms with E-state index < -0.39 is 240 Å². The van der Waals surface area contributed by atoms with Gasteiger partial charge in [-0.1, -0.05) is 0 Å². The molecule has 20 N–H and O–H groups in total. The number of aliphatic hydroxyl groups is 20. The zero-order chi connectivity index (χ0) is 55.8. The quantitative estimate of drug-likeness (QED) is 0.0479. The summed E-state index contributed by atoms with van der Waals surface area (Å²) in [7, 11) is 0. The first-order valence-corrected chi connectivity index (χ1v) is 23.7. The summed E-state index contributed by atoms with van der Waals surface area (Å²) in [6.07, 6.45) is -63.2. The van der Waals surface area contributed by atoms with E-state index in [4.69, 9.17) is 52.1 Å². The second-order valence-electron chi connectivity index (χ2n) is 18.8. The van der Waals surface area contributed by atoms with Crippen molar-refractivity contribution in [3.63, 3.8) is 0 Å². The number of nitrogens with zero attached hydrogens (tertiary/aromatic N) is 1. The van der Waals surface area contributed by atoms with Crippen molar-refractivity contribution >= 4 is 5.69 Å². The molecule has 0 radical (unpaired) electrons. The van der Waals surface area contributed by atoms with Gasteiger partial charge in [-0.15, -0.1) is 0 Å². The molecule has 0 spiro atoms. The third-order valence-corrected chi connectivity index (χ3v) is 14.0. The molecular formula is C42H65NO33. The van der Waals surface area contributed by atoms with Crippen molar-refractivity contribution in [2.75, 3.05) is 39.6 Å². The van der Waals surface area contributed by atoms with Crippen LogP contribution in [0.25, 0.3) is 0 Å². The number of ether oxygens (including phenoxy) is 11. The van der Waals surface area contributed by atoms with Gasteiger partial charge in [0.05, 0.1) is 44.6 Å². The molecule has 0 saturated carbocycles. The lowest BCUT2D eigenvalue weighted by Gasteiger charge is -2.56. The van der Waals surface area contributed by atoms with Crippen LogP contribution in [-0.4, -0.2) is 325 Å². The van der Waals surface area contributed by atoms with E-state index in [1.54, 1.807) is 0 Å². The summed E-state index contributed by atoms with van der Waals surface area (Å²) in [5, 5.41) is 228. The molecule has 6 saturated heterocycles. The zero-order valence-corrected chi connectivity index (χ0v) is 39.5. The van der Waals surface area contributed by atoms with Crippen LogP contribution in [0.3, 0.4) is 0 Å². The fourth-order valence-corrected chi connectivity index (χ4v) is 9.51. The molecule has 76 heavy (non-hydrogen) atoms. The summed E-state index contributed by atoms with van der Waals surface area (Å²) in [5.74, 6) is -3.25. The van der Waals surface area contributed by atoms with Crippen molar-refractivity contribution in [3.05, 3.63) is 39.9 Å². The van der Waals surface area contributed by atoms with E-state index in [9.17, 15) is 112 Å². The van der Waals surface area contributed by atoms with Crippen LogP contribution in [0.4, 0.5) is 5.69 Å². The third-order valence-electron chi connectivity index (χ3n) is 14.0. The maximum atomic E-state index is 12.1. The lowest BCUT2D eigenvalue weighted by molar-refractivity contribution is -0.468. The van der Waals surface area contributed by atoms with E-state index in [0.29, 0.717) is 0 Å². The Hall–Kier alpha value is -2.62. The number of nitro benzene ring substituents is 1. The third kappa shape index (κ3) is 11.9. The average molecular weight is 1110 g/mol. The number of hydrogen-bond donors (Lipinski definition) is 20. The van der Waals surface area contributed by atoms with Gasteiger partial charge in [0.25, 0.3) is 5.69 Å². The highest BCUT2D eigenvalue weighted by atomic mass is 16.8. The van der Waals surface area contributed by atoms with Crippen molar-refractivity contribution in [2.45, 2.75) is 184 Å². The van der Waals surface area contributed by atoms with Crippen LogP contribution < -0.4 is 0 Å². The number of non-ortho nitro benzene ring substituents is 1. The summed E-state index contributed by atoms with van der Waals surface area (Å²) in [5.41, 5.74) is -1.20. The van der Waals surface area contributed by atoms with Crippen molar-refractivity contribution < 1.29 is 159 Å². The maximum Gasteiger partial charge on any atom is 0.269 e. The van der Waals surface area contributed by atoms with Crippen LogP contribution in [0.5, 0.6) is 0 Å². The summed E-state index contributed by atoms with van der Waals surface area (Å²) >= 11 is 0. The van der Waals surface area contributed by atoms with Crippen molar-refractivity contribution in [2.24, 2.45) is 0 Å². The second-order valence-corrected chi connectivity index (χ2v) is 18.8. The molecule has 34 nitrogen and oxygen atoms in total. The highest BCUT2D eigenvalue weighted by Gasteiger charge is 2.65. The molecule has 1 aromatic rings. The number of aliphatic hydroxyl groups excluding tert-OH is 20. The van der Waals surface area contributed by atoms with E-state index in [-0.39, 0.29) is 0 Å². The topological polar surface area (TPSA) is 549 Å². The first kappa shape index (κ1) is 61.0. The molecule has 30 atom stereocenters. The molecule has 1 aromatic carbocycles. The Kier molecular flexibility index (Phi) is 20.4. The molecule has 6 heterocycles. The van der Waals surface area contributed by atoms with Gasteiger partial charge in [-0.2, -0.15) is 0 Å². The largest absolute Gasteiger partial charge is 0.394 e. The Morgan fingerprint density at radius 2 is 0.750 bits per heavy atom. The van der Waals surface area contributed by atoms with Gasteiger partial charge < -0.3 is 154 Å². The van der Waals surface area contributed by atoms with Gasteiger partial charge in [0, 0.05) is 17.7 Å². The molecular weight excluding hydrogens is 1050 g/mol. The molecule has 0 aliphatic carbocycles. The van der Waals surface area contributed by atoms with Crippen molar-refractivity contribution in [1.82, 2.24) is 0 Å². The lowest BCUT2D eigenvalue weighted by Crippen LogP contribution is -2.73. The van der Waals surface area contributed by atoms with Crippen molar-refractivity contribution in [1.29, 1.82) is 0 Å². The molecule has 0 unspecified atom stereocenters. The van der Waals surface area contributed by atoms with Gasteiger partial charge in [-0.3, -0.25) is 10.1 Å². The van der Waals surface area contributed by atoms with Gasteiger partial charge in [-0.05, 0) is 12.1 Å². The number of hydrogen-bond acceptors (Lipinski definition) is 33. The maximum absolute atomic E-state index is 12.1. The SMILES string of the molecule is O=[N+]([O-])c1ccc([C@]2(O[C@H]3O[C@H](CO)[C@@H](O)[C@H](O)[C@H]3O)O[C@H](CO[C@@H]3O[C@H](CO)[C@H](O)[C@H](O)[C@H]3O)[C@@H](O[C@H]3O[C@H](CO)[C@@H](O)[C@H](O)[C@H]3O)[C@H](O[C@H]3O[C@H](CO)[C@@H](O)[C@H](O)[C@H]3O)[C@H]2O[C@H]2O[C@H](CO)[C@@H](O)[C@H](O)[C@H]2O)cc1. The number of benzene rings is 1. The van der Waals surface area contributed by atoms with Gasteiger partial charge in [-0.25, -0.2) is 0 Å². The molecule has 7 rings (SSSR count). The average Bonchev–Trinajstić information content (AvgIpc) is 3.41. The number of nitro groups is 1. The Labute approximate surface area is 427 Å². The minimum Gasteiger partial charge on any atom is -0.394 e. The fraction of sp³-hybridized carbons (Fsp3) is 0.857. The van der Waals surface area contributed by atoms with E-state index in [1.165, 1.54) is 0 Å². The van der Waals surface area contributed by atoms with Crippen LogP contribution in [-0.2, 0) is 57.9 Å². The normalized spacial score (nSPS) is 49.3. The summed E-state index contributed by atoms with van der Waals surface area (Å²) in [6, 6.07) is 3.44. The molecule has 0 amide bonds. The predicted octanol–water partition coefficient (Wildman–Crippen LogP) is -12.7. The highest BCUT2D eigenvalue weighted by Crippen LogP contribution is 2.48. The number of rotatable bonds is 18. The Morgan fingerprint density at radius 3 is 1.13 bits per heavy atom. The van der Waals surface area contributed by atoms with E-state index in [2.05, 4.69) is 0 Å². The van der Waals surface area contributed by atoms with Crippen LogP contribution in [0.15, 0.2) is 24.3 Å². The molecule has 6 aliphatic heterocycles. The monoisotopic (exact) mass is 1110 g/mol. The van der Waals surface area contributed by atoms with E-state index in [1.807, 2.05) is 0 Å². The Balaban J connectivity index is 1.50. The van der Waals surface area contributed by atoms with Crippen LogP contribution in [0.1, 0.15) is 5.56 Å². The summed E-state index contributed by atoms with van der Waals surface area (Å²) < 4.78 is 66.3. The first-order valence-electron chi connectivity index (χ1n) is 23.7. The molecule has 0 aromatic heterocycles. The molecule has 0 bridgehead atoms. The van der Waals surface area contributed by atoms with E-state index in [0.717, 1.165) is 24.3 Å². The molecule has 6 aliphatic rings. The van der Waals surface area contributed by atoms with Crippen LogP contribution in [0, 0.1) is 10.1 Å². The Morgan fingerprint density at radius 1 is 0.421 bits per heavy atom. The first-order chi connectivity index (χ1) is 36.0. The standard InChI is InChI=1S/C42H65NO33/c44-5-13-19(49)24(54)29(59)37(67-13)66-10-18-34(72-38-30(60)25(55)20(50)14(6-45)68-38)35(73-39-31(61)26(56)21(51)15(7-46)69-39)36(74-40-32(62)27(57)22(52)16(8-47)70-40)42(75-18,11-1-3-12(4-2-11)43(64)65)76-41-33(63)28(58)23(53)17(9-48)71-41/h1-4,13-41,44-63H,5-10H2/t13-,14-,15-,16-,17-,18-,19+,20-,21-,22-,23-,24+,25+,26+,27+,28+,29-,30-,31-,32-,33-,34-,35+,36-,37-,38-,39-,40-,41-,42-/m1/s1. The van der Waals surface area contributed by atoms with Gasteiger partial charge in [0.1, 0.15) is 146 Å². The molecule has 436 valence electrons. The van der Waals surface area contributed by atoms with Gasteiger partial charge in [0.2, 0.25) is 5.79 Å². The molecule has 34 heteroatoms. The Bertz CT molecular complexity index is 1990. The molecule has 6 fully saturated rings. The van der Waals surface area contributed by atoms with Crippen LogP contribution in [0.2, 0.25) is 0 Å². The minimum absolute atomic E-state index is 0.559. The van der Waals surface area contributed by atoms with E-state index >= 15 is 0 Å². The summed E-state index contributed by atoms with van der Waals surface area (Å²) in [4.78, 5) is 11.2. The van der Waals surface area contributed by atoms with Crippen molar-refractivity contribution in [3.8, 4) is 0 Å². The minimum atomic E-state index is -3.25. The lowest BCUT2D eigenvalue weighted by atomic mass is 9.86. The smallest absolute Gasteiger partial charge is 0.269 e. The summed E-state index contributed by atoms with van der Waals surface area (Å²) in [6.45, 7) is -6.56. The van der Waals surface area contributed by atoms with Gasteiger partial charge in [0.15, 0.2) is 31.5 Å². The highest BCUT2D eigenvalue weighted by molar-refractivity contribution is 5.36. The predicted molar refractivity (Wildman–Crippen MR) is 230 cm³/mol.